The molecule has 4 rings (SSSR count). The van der Waals surface area contributed by atoms with Crippen LogP contribution in [0.15, 0.2) is 56.7 Å². The minimum absolute atomic E-state index is 0.154. The lowest BCUT2D eigenvalue weighted by Gasteiger charge is -2.26. The fraction of sp³-hybridized carbons (Fsp3) is 0.360. The number of hydrogen-bond acceptors (Lipinski definition) is 8. The minimum atomic E-state index is -5.11. The molecular weight excluding hydrogens is 604 g/mol. The molecule has 1 amide bonds. The van der Waals surface area contributed by atoms with Crippen molar-refractivity contribution in [2.75, 3.05) is 17.4 Å². The van der Waals surface area contributed by atoms with Gasteiger partial charge in [0.15, 0.2) is 22.3 Å². The van der Waals surface area contributed by atoms with Crippen molar-refractivity contribution in [3.63, 3.8) is 0 Å². The molecule has 1 aromatic heterocycles. The number of ether oxygens (including phenoxy) is 2. The van der Waals surface area contributed by atoms with Crippen LogP contribution in [0.2, 0.25) is 0 Å². The van der Waals surface area contributed by atoms with E-state index in [1.54, 1.807) is 0 Å². The summed E-state index contributed by atoms with van der Waals surface area (Å²) in [6, 6.07) is 10.7. The van der Waals surface area contributed by atoms with Crippen molar-refractivity contribution in [1.29, 1.82) is 0 Å². The minimum Gasteiger partial charge on any atom is -0.488 e. The molecule has 1 aliphatic heterocycles. The van der Waals surface area contributed by atoms with Gasteiger partial charge in [-0.3, -0.25) is 4.90 Å². The highest BCUT2D eigenvalue weighted by molar-refractivity contribution is 9.10. The van der Waals surface area contributed by atoms with Crippen molar-refractivity contribution in [2.24, 2.45) is 0 Å². The van der Waals surface area contributed by atoms with E-state index in [1.165, 1.54) is 31.7 Å². The van der Waals surface area contributed by atoms with Gasteiger partial charge >= 0.3 is 6.09 Å². The van der Waals surface area contributed by atoms with Crippen LogP contribution in [0.3, 0.4) is 0 Å². The zero-order valence-electron chi connectivity index (χ0n) is 20.9. The summed E-state index contributed by atoms with van der Waals surface area (Å²) in [6.45, 7) is 6.56. The normalized spacial score (nSPS) is 16.4. The number of aromatic nitrogens is 1. The summed E-state index contributed by atoms with van der Waals surface area (Å²) in [4.78, 5) is 17.5. The highest BCUT2D eigenvalue weighted by atomic mass is 79.9. The Labute approximate surface area is 232 Å². The maximum Gasteiger partial charge on any atom is 0.430 e. The van der Waals surface area contributed by atoms with Crippen molar-refractivity contribution < 1.29 is 31.5 Å². The molecule has 0 radical (unpaired) electrons. The molecule has 8 nitrogen and oxygen atoms in total. The summed E-state index contributed by atoms with van der Waals surface area (Å²) in [7, 11) is -5.11. The van der Waals surface area contributed by atoms with Gasteiger partial charge in [0.25, 0.3) is 10.0 Å². The largest absolute Gasteiger partial charge is 0.488 e. The summed E-state index contributed by atoms with van der Waals surface area (Å²) in [5.74, 6) is -3.36. The number of carbonyl (C=O) groups is 1. The van der Waals surface area contributed by atoms with Gasteiger partial charge in [-0.15, -0.1) is 15.6 Å². The SMILES string of the molecule is CC(C)(C)OC(=O)N(c1cscn1)S(=O)(=O)c1c(F)cc(O[C@H]2CCN(Cc3ccccc3)C2)c(Br)c1F. The first-order valence-corrected chi connectivity index (χ1v) is 14.8. The van der Waals surface area contributed by atoms with Crippen LogP contribution in [0.4, 0.5) is 19.4 Å². The third-order valence-electron chi connectivity index (χ3n) is 5.54. The van der Waals surface area contributed by atoms with E-state index in [1.807, 2.05) is 30.3 Å². The maximum atomic E-state index is 15.5. The van der Waals surface area contributed by atoms with Crippen molar-refractivity contribution in [1.82, 2.24) is 9.88 Å². The van der Waals surface area contributed by atoms with Crippen LogP contribution in [0.1, 0.15) is 32.8 Å². The molecule has 38 heavy (non-hydrogen) atoms. The van der Waals surface area contributed by atoms with E-state index in [0.29, 0.717) is 19.5 Å². The number of carbonyl (C=O) groups excluding carboxylic acids is 1. The first kappa shape index (κ1) is 28.4. The number of halogens is 3. The van der Waals surface area contributed by atoms with Gasteiger partial charge in [0, 0.05) is 31.1 Å². The van der Waals surface area contributed by atoms with E-state index in [-0.39, 0.29) is 26.4 Å². The zero-order chi connectivity index (χ0) is 27.7. The van der Waals surface area contributed by atoms with Crippen molar-refractivity contribution in [3.05, 3.63) is 69.0 Å². The Kier molecular flexibility index (Phi) is 8.40. The van der Waals surface area contributed by atoms with Crippen LogP contribution in [0, 0.1) is 11.6 Å². The number of amides is 1. The number of likely N-dealkylation sites (tertiary alicyclic amines) is 1. The highest BCUT2D eigenvalue weighted by Crippen LogP contribution is 2.38. The van der Waals surface area contributed by atoms with Gasteiger partial charge in [0.1, 0.15) is 17.5 Å². The lowest BCUT2D eigenvalue weighted by atomic mass is 10.2. The number of hydrogen-bond donors (Lipinski definition) is 0. The number of sulfonamides is 1. The second kappa shape index (κ2) is 11.2. The Morgan fingerprint density at radius 1 is 1.26 bits per heavy atom. The van der Waals surface area contributed by atoms with Crippen LogP contribution in [-0.4, -0.2) is 49.2 Å². The van der Waals surface area contributed by atoms with Crippen LogP contribution in [-0.2, 0) is 21.3 Å². The fourth-order valence-corrected chi connectivity index (χ4v) is 6.47. The van der Waals surface area contributed by atoms with E-state index in [4.69, 9.17) is 9.47 Å². The van der Waals surface area contributed by atoms with Crippen molar-refractivity contribution >= 4 is 49.2 Å². The maximum absolute atomic E-state index is 15.5. The summed E-state index contributed by atoms with van der Waals surface area (Å²) in [5, 5.41) is 1.26. The van der Waals surface area contributed by atoms with Gasteiger partial charge in [0.2, 0.25) is 0 Å². The molecule has 2 heterocycles. The van der Waals surface area contributed by atoms with Gasteiger partial charge in [0.05, 0.1) is 9.98 Å². The standard InChI is InChI=1S/C25H26BrF2N3O5S2/c1-25(2,3)36-24(32)31(20-14-37-15-29-20)38(33,34)23-18(27)11-19(21(26)22(23)28)35-17-9-10-30(13-17)12-16-7-5-4-6-8-16/h4-8,11,14-15,17H,9-10,12-13H2,1-3H3/t17-/m0/s1. The molecule has 2 aromatic carbocycles. The van der Waals surface area contributed by atoms with E-state index >= 15 is 8.78 Å². The molecule has 0 unspecified atom stereocenters. The molecule has 0 aliphatic carbocycles. The van der Waals surface area contributed by atoms with Crippen LogP contribution in [0.25, 0.3) is 0 Å². The summed E-state index contributed by atoms with van der Waals surface area (Å²) in [5.41, 5.74) is 1.34. The Morgan fingerprint density at radius 3 is 2.61 bits per heavy atom. The van der Waals surface area contributed by atoms with Crippen LogP contribution >= 0.6 is 27.3 Å². The number of nitrogens with zero attached hydrogens (tertiary/aromatic N) is 3. The van der Waals surface area contributed by atoms with E-state index in [0.717, 1.165) is 29.5 Å². The first-order chi connectivity index (χ1) is 17.9. The molecule has 204 valence electrons. The molecule has 1 atom stereocenters. The molecule has 1 saturated heterocycles. The van der Waals surface area contributed by atoms with E-state index in [2.05, 4.69) is 25.8 Å². The zero-order valence-corrected chi connectivity index (χ0v) is 24.1. The predicted octanol–water partition coefficient (Wildman–Crippen LogP) is 5.97. The predicted molar refractivity (Wildman–Crippen MR) is 143 cm³/mol. The fourth-order valence-electron chi connectivity index (χ4n) is 3.95. The van der Waals surface area contributed by atoms with Crippen LogP contribution in [0.5, 0.6) is 5.75 Å². The summed E-state index contributed by atoms with van der Waals surface area (Å²) < 4.78 is 68.6. The Balaban J connectivity index is 1.59. The molecule has 13 heteroatoms. The van der Waals surface area contributed by atoms with Crippen LogP contribution < -0.4 is 9.04 Å². The second-order valence-electron chi connectivity index (χ2n) is 9.66. The van der Waals surface area contributed by atoms with Crippen molar-refractivity contribution in [2.45, 2.75) is 50.3 Å². The average Bonchev–Trinajstić information content (AvgIpc) is 3.49. The molecule has 3 aromatic rings. The van der Waals surface area contributed by atoms with E-state index in [9.17, 15) is 13.2 Å². The Bertz CT molecular complexity index is 1400. The van der Waals surface area contributed by atoms with Crippen molar-refractivity contribution in [3.8, 4) is 5.75 Å². The number of thiazole rings is 1. The summed E-state index contributed by atoms with van der Waals surface area (Å²) in [6.07, 6.45) is -1.08. The van der Waals surface area contributed by atoms with Gasteiger partial charge in [-0.05, 0) is 48.7 Å². The smallest absolute Gasteiger partial charge is 0.430 e. The molecular formula is C25H26BrF2N3O5S2. The quantitative estimate of drug-likeness (QED) is 0.298. The molecule has 0 bridgehead atoms. The average molecular weight is 631 g/mol. The summed E-state index contributed by atoms with van der Waals surface area (Å²) >= 11 is 4.03. The number of anilines is 1. The topological polar surface area (TPSA) is 89.0 Å². The van der Waals surface area contributed by atoms with Gasteiger partial charge in [-0.2, -0.15) is 0 Å². The van der Waals surface area contributed by atoms with Gasteiger partial charge in [-0.1, -0.05) is 30.3 Å². The monoisotopic (exact) mass is 629 g/mol. The number of benzene rings is 2. The Morgan fingerprint density at radius 2 is 1.97 bits per heavy atom. The number of rotatable bonds is 7. The van der Waals surface area contributed by atoms with Gasteiger partial charge in [-0.25, -0.2) is 27.0 Å². The molecule has 1 aliphatic rings. The molecule has 1 fully saturated rings. The van der Waals surface area contributed by atoms with E-state index < -0.39 is 38.2 Å². The molecule has 0 spiro atoms. The highest BCUT2D eigenvalue weighted by Gasteiger charge is 2.41. The van der Waals surface area contributed by atoms with Gasteiger partial charge < -0.3 is 9.47 Å². The molecule has 0 saturated carbocycles. The lowest BCUT2D eigenvalue weighted by molar-refractivity contribution is 0.0608. The third kappa shape index (κ3) is 6.33. The Hall–Kier alpha value is -2.61. The second-order valence-corrected chi connectivity index (χ2v) is 12.9. The lowest BCUT2D eigenvalue weighted by Crippen LogP contribution is -2.41. The molecule has 0 N–H and O–H groups in total. The third-order valence-corrected chi connectivity index (χ3v) is 8.56. The first-order valence-electron chi connectivity index (χ1n) is 11.6.